The number of piperazine rings is 1. The number of nitrogens with zero attached hydrogens (tertiary/aromatic N) is 3. The minimum absolute atomic E-state index is 0.0498. The molecule has 1 saturated heterocycles. The molecule has 0 unspecified atom stereocenters. The number of carbonyl (C=O) groups excluding carboxylic acids is 1. The molecule has 2 heterocycles. The average Bonchev–Trinajstić information content (AvgIpc) is 2.96. The zero-order valence-electron chi connectivity index (χ0n) is 22.3. The van der Waals surface area contributed by atoms with Crippen LogP contribution in [0.2, 0.25) is 0 Å². The number of pyridine rings is 1. The summed E-state index contributed by atoms with van der Waals surface area (Å²) in [4.78, 5) is 21.9. The number of carbonyl (C=O) groups is 1. The van der Waals surface area contributed by atoms with Gasteiger partial charge in [0.05, 0.1) is 18.2 Å². The molecule has 1 fully saturated rings. The van der Waals surface area contributed by atoms with Gasteiger partial charge in [-0.2, -0.15) is 13.2 Å². The molecule has 1 amide bonds. The number of amides is 1. The van der Waals surface area contributed by atoms with E-state index in [1.807, 2.05) is 41.3 Å². The molecule has 208 valence electrons. The number of hydrogen-bond acceptors (Lipinski definition) is 6. The van der Waals surface area contributed by atoms with Crippen LogP contribution < -0.4 is 20.3 Å². The van der Waals surface area contributed by atoms with Crippen LogP contribution in [0.4, 0.5) is 36.1 Å². The van der Waals surface area contributed by atoms with Gasteiger partial charge in [0.2, 0.25) is 0 Å². The van der Waals surface area contributed by atoms with E-state index in [1.165, 1.54) is 6.07 Å². The van der Waals surface area contributed by atoms with Crippen LogP contribution in [0.3, 0.4) is 0 Å². The number of halogens is 3. The highest BCUT2D eigenvalue weighted by Crippen LogP contribution is 2.34. The van der Waals surface area contributed by atoms with Gasteiger partial charge in [-0.15, -0.1) is 0 Å². The van der Waals surface area contributed by atoms with E-state index in [2.05, 4.69) is 27.4 Å². The van der Waals surface area contributed by atoms with Crippen molar-refractivity contribution in [3.8, 4) is 5.75 Å². The Labute approximate surface area is 230 Å². The van der Waals surface area contributed by atoms with Crippen molar-refractivity contribution in [2.45, 2.75) is 13.1 Å². The molecule has 0 bridgehead atoms. The Kier molecular flexibility index (Phi) is 7.79. The zero-order valence-corrected chi connectivity index (χ0v) is 22.3. The lowest BCUT2D eigenvalue weighted by molar-refractivity contribution is -0.137. The number of alkyl halides is 3. The summed E-state index contributed by atoms with van der Waals surface area (Å²) in [7, 11) is 1.61. The van der Waals surface area contributed by atoms with Gasteiger partial charge in [-0.3, -0.25) is 4.79 Å². The number of benzene rings is 3. The van der Waals surface area contributed by atoms with Crippen molar-refractivity contribution >= 4 is 39.7 Å². The lowest BCUT2D eigenvalue weighted by Crippen LogP contribution is -2.46. The predicted octanol–water partition coefficient (Wildman–Crippen LogP) is 6.40. The van der Waals surface area contributed by atoms with Gasteiger partial charge in [-0.25, -0.2) is 4.98 Å². The number of ether oxygens (including phenoxy) is 1. The Hall–Kier alpha value is -4.31. The third-order valence-corrected chi connectivity index (χ3v) is 7.00. The summed E-state index contributed by atoms with van der Waals surface area (Å²) in [6.07, 6.45) is -4.57. The van der Waals surface area contributed by atoms with E-state index in [0.29, 0.717) is 36.0 Å². The van der Waals surface area contributed by atoms with Crippen molar-refractivity contribution in [1.29, 1.82) is 0 Å². The molecule has 2 N–H and O–H groups in total. The molecule has 0 radical (unpaired) electrons. The number of rotatable bonds is 7. The number of nitrogens with one attached hydrogen (secondary N) is 2. The summed E-state index contributed by atoms with van der Waals surface area (Å²) in [5.74, 6) is 0.699. The molecule has 1 aromatic heterocycles. The van der Waals surface area contributed by atoms with Crippen molar-refractivity contribution < 1.29 is 22.7 Å². The van der Waals surface area contributed by atoms with Crippen molar-refractivity contribution in [2.24, 2.45) is 0 Å². The molecular weight excluding hydrogens is 519 g/mol. The molecule has 0 atom stereocenters. The molecule has 10 heteroatoms. The average molecular weight is 550 g/mol. The zero-order chi connectivity index (χ0) is 28.3. The van der Waals surface area contributed by atoms with E-state index in [1.54, 1.807) is 25.3 Å². The molecule has 0 saturated carbocycles. The minimum atomic E-state index is -4.57. The van der Waals surface area contributed by atoms with Crippen LogP contribution >= 0.6 is 0 Å². The van der Waals surface area contributed by atoms with Crippen molar-refractivity contribution in [3.05, 3.63) is 83.9 Å². The fourth-order valence-corrected chi connectivity index (χ4v) is 4.81. The normalized spacial score (nSPS) is 14.3. The van der Waals surface area contributed by atoms with Crippen LogP contribution in [0.1, 0.15) is 22.8 Å². The number of fused-ring (bicyclic) bond motifs is 1. The Morgan fingerprint density at radius 2 is 1.70 bits per heavy atom. The molecular formula is C30H30F3N5O2. The molecule has 0 aliphatic carbocycles. The fraction of sp³-hybridized carbons (Fsp3) is 0.267. The Balaban J connectivity index is 1.35. The van der Waals surface area contributed by atoms with Gasteiger partial charge >= 0.3 is 6.18 Å². The number of anilines is 4. The minimum Gasteiger partial charge on any atom is -0.496 e. The van der Waals surface area contributed by atoms with E-state index in [-0.39, 0.29) is 5.56 Å². The van der Waals surface area contributed by atoms with E-state index >= 15 is 0 Å². The van der Waals surface area contributed by atoms with E-state index in [9.17, 15) is 18.0 Å². The first kappa shape index (κ1) is 27.3. The molecule has 3 aromatic carbocycles. The Bertz CT molecular complexity index is 1520. The van der Waals surface area contributed by atoms with Gasteiger partial charge in [-0.05, 0) is 67.2 Å². The second kappa shape index (κ2) is 11.4. The smallest absolute Gasteiger partial charge is 0.416 e. The monoisotopic (exact) mass is 549 g/mol. The topological polar surface area (TPSA) is 69.7 Å². The summed E-state index contributed by atoms with van der Waals surface area (Å²) in [6, 6.07) is 19.8. The molecule has 5 rings (SSSR count). The summed E-state index contributed by atoms with van der Waals surface area (Å²) >= 11 is 0. The molecule has 4 aromatic rings. The van der Waals surface area contributed by atoms with Crippen LogP contribution in [0.5, 0.6) is 5.75 Å². The number of likely N-dealkylation sites (N-methyl/N-ethyl adjacent to an activating group) is 1. The SMILES string of the molecule is CCN1CCN(c2cc(C(=O)Nc3cccc(Nc4ccc5c(OC)cccc5n4)c3)cc(C(F)(F)F)c2)CC1. The standard InChI is InChI=1S/C30H30F3N5O2/c1-3-37-12-14-38(15-13-37)24-17-20(16-21(18-24)30(31,32)33)29(39)35-23-7-4-6-22(19-23)34-28-11-10-25-26(36-28)8-5-9-27(25)40-2/h4-11,16-19H,3,12-15H2,1-2H3,(H,34,36)(H,35,39). The summed E-state index contributed by atoms with van der Waals surface area (Å²) in [5, 5.41) is 6.84. The highest BCUT2D eigenvalue weighted by Gasteiger charge is 2.32. The molecule has 1 aliphatic heterocycles. The second-order valence-electron chi connectivity index (χ2n) is 9.57. The van der Waals surface area contributed by atoms with Crippen LogP contribution in [-0.4, -0.2) is 55.6 Å². The van der Waals surface area contributed by atoms with Crippen molar-refractivity contribution in [3.63, 3.8) is 0 Å². The fourth-order valence-electron chi connectivity index (χ4n) is 4.81. The molecule has 7 nitrogen and oxygen atoms in total. The first-order valence-electron chi connectivity index (χ1n) is 13.1. The van der Waals surface area contributed by atoms with Gasteiger partial charge in [-0.1, -0.05) is 19.1 Å². The molecule has 0 spiro atoms. The molecule has 40 heavy (non-hydrogen) atoms. The first-order chi connectivity index (χ1) is 19.2. The Morgan fingerprint density at radius 3 is 2.42 bits per heavy atom. The largest absolute Gasteiger partial charge is 0.496 e. The summed E-state index contributed by atoms with van der Waals surface area (Å²) in [5.41, 5.74) is 1.35. The summed E-state index contributed by atoms with van der Waals surface area (Å²) < 4.78 is 46.6. The van der Waals surface area contributed by atoms with Gasteiger partial charge in [0, 0.05) is 54.2 Å². The lowest BCUT2D eigenvalue weighted by Gasteiger charge is -2.36. The number of aromatic nitrogens is 1. The summed E-state index contributed by atoms with van der Waals surface area (Å²) in [6.45, 7) is 5.66. The van der Waals surface area contributed by atoms with Crippen LogP contribution in [0.25, 0.3) is 10.9 Å². The highest BCUT2D eigenvalue weighted by atomic mass is 19.4. The third-order valence-electron chi connectivity index (χ3n) is 7.00. The van der Waals surface area contributed by atoms with Crippen LogP contribution in [0.15, 0.2) is 72.8 Å². The maximum absolute atomic E-state index is 13.7. The predicted molar refractivity (Wildman–Crippen MR) is 152 cm³/mol. The van der Waals surface area contributed by atoms with Crippen molar-refractivity contribution in [2.75, 3.05) is 55.4 Å². The maximum Gasteiger partial charge on any atom is 0.416 e. The third kappa shape index (κ3) is 6.12. The number of methoxy groups -OCH3 is 1. The Morgan fingerprint density at radius 1 is 0.950 bits per heavy atom. The van der Waals surface area contributed by atoms with Gasteiger partial charge in [0.1, 0.15) is 11.6 Å². The first-order valence-corrected chi connectivity index (χ1v) is 13.1. The van der Waals surface area contributed by atoms with E-state index < -0.39 is 17.6 Å². The van der Waals surface area contributed by atoms with Crippen molar-refractivity contribution in [1.82, 2.24) is 9.88 Å². The van der Waals surface area contributed by atoms with Gasteiger partial charge < -0.3 is 25.2 Å². The number of hydrogen-bond donors (Lipinski definition) is 2. The van der Waals surface area contributed by atoms with Gasteiger partial charge in [0.25, 0.3) is 5.91 Å². The maximum atomic E-state index is 13.7. The van der Waals surface area contributed by atoms with E-state index in [0.717, 1.165) is 48.4 Å². The van der Waals surface area contributed by atoms with Gasteiger partial charge in [0.15, 0.2) is 0 Å². The van der Waals surface area contributed by atoms with Crippen LogP contribution in [0, 0.1) is 0 Å². The van der Waals surface area contributed by atoms with Crippen LogP contribution in [-0.2, 0) is 6.18 Å². The van der Waals surface area contributed by atoms with E-state index in [4.69, 9.17) is 4.74 Å². The second-order valence-corrected chi connectivity index (χ2v) is 9.57. The lowest BCUT2D eigenvalue weighted by atomic mass is 10.1. The molecule has 1 aliphatic rings. The quantitative estimate of drug-likeness (QED) is 0.278. The highest BCUT2D eigenvalue weighted by molar-refractivity contribution is 6.05.